The molecule has 0 N–H and O–H groups in total. The fourth-order valence-corrected chi connectivity index (χ4v) is 14.9. The Labute approximate surface area is 594 Å². The average molecular weight is 1270 g/mol. The van der Waals surface area contributed by atoms with Gasteiger partial charge in [0.1, 0.15) is 0 Å². The van der Waals surface area contributed by atoms with Crippen LogP contribution in [0.3, 0.4) is 0 Å². The van der Waals surface area contributed by atoms with Gasteiger partial charge in [0.2, 0.25) is 0 Å². The van der Waals surface area contributed by atoms with E-state index in [1.165, 1.54) is 9.13 Å². The molecule has 6 heterocycles. The number of hydrogen-bond donors (Lipinski definition) is 0. The molecule has 6 nitrogen and oxygen atoms in total. The van der Waals surface area contributed by atoms with Gasteiger partial charge in [0.15, 0.2) is 22.3 Å². The number of anilines is 6. The van der Waals surface area contributed by atoms with E-state index in [9.17, 15) is 13.7 Å². The Kier molecular flexibility index (Phi) is 8.41. The van der Waals surface area contributed by atoms with Crippen LogP contribution in [-0.4, -0.2) is 15.8 Å². The van der Waals surface area contributed by atoms with Crippen molar-refractivity contribution in [1.82, 2.24) is 9.13 Å². The van der Waals surface area contributed by atoms with Crippen LogP contribution in [0.4, 0.5) is 34.1 Å². The molecule has 7 heteroatoms. The predicted molar refractivity (Wildman–Crippen MR) is 411 cm³/mol. The summed E-state index contributed by atoms with van der Waals surface area (Å²) in [7, 11) is 0. The van der Waals surface area contributed by atoms with Crippen molar-refractivity contribution in [3.05, 3.63) is 283 Å². The van der Waals surface area contributed by atoms with E-state index < -0.39 is 139 Å². The minimum Gasteiger partial charge on any atom is -0.452 e. The normalized spacial score (nSPS) is 16.4. The number of rotatable bonds is 6. The molecule has 17 aromatic rings. The van der Waals surface area contributed by atoms with E-state index in [2.05, 4.69) is 121 Å². The Morgan fingerprint density at radius 1 is 0.289 bits per heavy atom. The molecular formula is C90H71BN4O2. The predicted octanol–water partition coefficient (Wildman–Crippen LogP) is 23.0. The number of aromatic nitrogens is 2. The van der Waals surface area contributed by atoms with Gasteiger partial charge >= 0.3 is 0 Å². The standard InChI is InChI=1S/C90H71BN4O2/c1-88(2,3)58-47-57(48-59(51-58)89(4,5)6)56-44-46-70-80(50-56)95(78-42-24-34-68-66-32-22-40-76(85(66)97-87(68)78)93-73-37-19-15-29-63(73)64-30-16-20-38-74(64)93)82-53-60(90(7,8)9)52-81-83(82)91(70)69-45-43-55(54-25-11-10-12-26-54)49-79(69)94(81)77-41-23-33-67-65-31-21-39-75(84(65)96-86(67)77)92-71-35-17-13-27-61(71)62-28-14-18-36-72(62)92/h10-53H,1-9H3/i10D,11D,12D,13D,14D,15D,16D,17D,18D,19D,20D,25D,26D,27D,28D,29D,30D,35D,36D,37D,38D. The third-order valence-corrected chi connectivity index (χ3v) is 19.7. The summed E-state index contributed by atoms with van der Waals surface area (Å²) in [5.41, 5.74) is 11.0. The monoisotopic (exact) mass is 1270 g/mol. The summed E-state index contributed by atoms with van der Waals surface area (Å²) >= 11 is 0. The van der Waals surface area contributed by atoms with Crippen LogP contribution >= 0.6 is 0 Å². The van der Waals surface area contributed by atoms with E-state index in [1.807, 2.05) is 60.7 Å². The summed E-state index contributed by atoms with van der Waals surface area (Å²) in [5.74, 6) is 0. The number of furan rings is 2. The molecule has 0 saturated heterocycles. The maximum Gasteiger partial charge on any atom is 0.252 e. The van der Waals surface area contributed by atoms with Crippen molar-refractivity contribution in [1.29, 1.82) is 0 Å². The van der Waals surface area contributed by atoms with Gasteiger partial charge in [0, 0.05) is 65.8 Å². The number of benzene rings is 13. The zero-order valence-corrected chi connectivity index (χ0v) is 54.5. The molecule has 0 bridgehead atoms. The first-order valence-electron chi connectivity index (χ1n) is 43.0. The van der Waals surface area contributed by atoms with Crippen LogP contribution in [0, 0.1) is 0 Å². The molecule has 0 atom stereocenters. The van der Waals surface area contributed by atoms with E-state index in [4.69, 9.17) is 23.9 Å². The second-order valence-electron chi connectivity index (χ2n) is 28.5. The van der Waals surface area contributed by atoms with E-state index >= 15 is 0 Å². The van der Waals surface area contributed by atoms with E-state index in [-0.39, 0.29) is 82.5 Å². The highest BCUT2D eigenvalue weighted by Crippen LogP contribution is 2.52. The van der Waals surface area contributed by atoms with Crippen LogP contribution in [0.2, 0.25) is 0 Å². The van der Waals surface area contributed by atoms with E-state index in [0.29, 0.717) is 66.7 Å². The lowest BCUT2D eigenvalue weighted by molar-refractivity contribution is 0.569. The first-order valence-corrected chi connectivity index (χ1v) is 32.5. The lowest BCUT2D eigenvalue weighted by Gasteiger charge is -2.45. The quantitative estimate of drug-likeness (QED) is 0.156. The van der Waals surface area contributed by atoms with Gasteiger partial charge < -0.3 is 27.8 Å². The fourth-order valence-electron chi connectivity index (χ4n) is 14.9. The Balaban J connectivity index is 0.940. The minimum atomic E-state index is -0.669. The minimum absolute atomic E-state index is 0.0431. The summed E-state index contributed by atoms with van der Waals surface area (Å²) < 4.78 is 210. The lowest BCUT2D eigenvalue weighted by atomic mass is 9.33. The molecule has 2 aliphatic rings. The zero-order valence-electron chi connectivity index (χ0n) is 75.5. The SMILES string of the molecule is [2H]c1c([2H])c([2H])c(-c2ccc3c(c2)N(c2cccc4c2oc2c(-n5c6c([2H])c([2H])c([2H])c([2H])c6c6c([2H])c([2H])c([2H])c([2H])c65)cccc24)c2cc(C(C)(C)C)cc4c2B3c2ccc(-c3cc(C(C)(C)C)cc(C(C)(C)C)c3)cc2N4c2cccc3c2oc2c(-n4c5c([2H])c([2H])c([2H])c([2H])c5c5c([2H])c([2H])c([2H])c([2H])c54)cccc23)c([2H])c1[2H]. The Hall–Kier alpha value is -11.3. The fraction of sp³-hybridized carbons (Fsp3) is 0.133. The highest BCUT2D eigenvalue weighted by molar-refractivity contribution is 7.00. The second kappa shape index (κ2) is 20.6. The molecule has 466 valence electrons. The Bertz CT molecular complexity index is 7290. The summed E-state index contributed by atoms with van der Waals surface area (Å²) in [4.78, 5) is 4.29. The Morgan fingerprint density at radius 3 is 1.02 bits per heavy atom. The molecule has 2 aliphatic heterocycles. The molecular weight excluding hydrogens is 1180 g/mol. The van der Waals surface area contributed by atoms with E-state index in [1.54, 1.807) is 30.3 Å². The third kappa shape index (κ3) is 8.53. The molecule has 0 fully saturated rings. The Morgan fingerprint density at radius 2 is 0.629 bits per heavy atom. The summed E-state index contributed by atoms with van der Waals surface area (Å²) in [6, 6.07) is 34.3. The first-order chi connectivity index (χ1) is 55.7. The van der Waals surface area contributed by atoms with E-state index in [0.717, 1.165) is 49.9 Å². The van der Waals surface area contributed by atoms with Crippen molar-refractivity contribution in [2.45, 2.75) is 78.6 Å². The smallest absolute Gasteiger partial charge is 0.252 e. The van der Waals surface area contributed by atoms with Gasteiger partial charge in [-0.1, -0.05) is 256 Å². The zero-order chi connectivity index (χ0) is 83.8. The van der Waals surface area contributed by atoms with Crippen molar-refractivity contribution in [3.63, 3.8) is 0 Å². The van der Waals surface area contributed by atoms with Crippen LogP contribution in [0.25, 0.3) is 121 Å². The van der Waals surface area contributed by atoms with Crippen LogP contribution < -0.4 is 26.2 Å². The van der Waals surface area contributed by atoms with Crippen LogP contribution in [0.1, 0.15) is 108 Å². The van der Waals surface area contributed by atoms with Crippen molar-refractivity contribution in [3.8, 4) is 33.6 Å². The van der Waals surface area contributed by atoms with Gasteiger partial charge in [-0.25, -0.2) is 0 Å². The number of hydrogen-bond acceptors (Lipinski definition) is 4. The number of fused-ring (bicyclic) bond motifs is 16. The van der Waals surface area contributed by atoms with Crippen molar-refractivity contribution in [2.24, 2.45) is 0 Å². The van der Waals surface area contributed by atoms with Gasteiger partial charge in [-0.05, 0) is 144 Å². The number of para-hydroxylation sites is 8. The molecule has 13 aromatic carbocycles. The molecule has 97 heavy (non-hydrogen) atoms. The van der Waals surface area contributed by atoms with Crippen molar-refractivity contribution < 1.29 is 37.6 Å². The summed E-state index contributed by atoms with van der Waals surface area (Å²) in [6.07, 6.45) is 0. The highest BCUT2D eigenvalue weighted by atomic mass is 16.3. The molecule has 0 spiro atoms. The summed E-state index contributed by atoms with van der Waals surface area (Å²) in [6.45, 7) is 18.8. The number of nitrogens with zero attached hydrogens (tertiary/aromatic N) is 4. The third-order valence-electron chi connectivity index (χ3n) is 19.7. The lowest BCUT2D eigenvalue weighted by Crippen LogP contribution is -2.61. The first kappa shape index (κ1) is 39.6. The average Bonchev–Trinajstić information content (AvgIpc) is 1.12. The van der Waals surface area contributed by atoms with Gasteiger partial charge in [-0.3, -0.25) is 0 Å². The maximum atomic E-state index is 9.55. The van der Waals surface area contributed by atoms with Crippen LogP contribution in [0.15, 0.2) is 275 Å². The molecule has 0 saturated carbocycles. The topological polar surface area (TPSA) is 42.6 Å². The molecule has 0 aliphatic carbocycles. The maximum absolute atomic E-state index is 9.55. The van der Waals surface area contributed by atoms with Crippen LogP contribution in [-0.2, 0) is 16.2 Å². The molecule has 0 amide bonds. The highest BCUT2D eigenvalue weighted by Gasteiger charge is 2.46. The van der Waals surface area contributed by atoms with Crippen LogP contribution in [0.5, 0.6) is 0 Å². The van der Waals surface area contributed by atoms with Crippen molar-refractivity contribution >= 4 is 145 Å². The second-order valence-corrected chi connectivity index (χ2v) is 28.5. The molecule has 0 unspecified atom stereocenters. The molecule has 19 rings (SSSR count). The largest absolute Gasteiger partial charge is 0.452 e. The van der Waals surface area contributed by atoms with Gasteiger partial charge in [-0.15, -0.1) is 0 Å². The molecule has 0 radical (unpaired) electrons. The summed E-state index contributed by atoms with van der Waals surface area (Å²) in [5, 5.41) is 1.86. The van der Waals surface area contributed by atoms with Crippen molar-refractivity contribution in [2.75, 3.05) is 9.80 Å². The van der Waals surface area contributed by atoms with Gasteiger partial charge in [0.25, 0.3) is 6.71 Å². The molecule has 4 aromatic heterocycles. The van der Waals surface area contributed by atoms with Gasteiger partial charge in [-0.2, -0.15) is 0 Å². The van der Waals surface area contributed by atoms with Gasteiger partial charge in [0.05, 0.1) is 73.6 Å².